The molecule has 0 radical (unpaired) electrons. The van der Waals surface area contributed by atoms with E-state index in [0.29, 0.717) is 20.8 Å². The number of ether oxygens (including phenoxy) is 1. The van der Waals surface area contributed by atoms with Crippen molar-refractivity contribution in [2.45, 2.75) is 0 Å². The van der Waals surface area contributed by atoms with Crippen LogP contribution in [0.5, 0.6) is 5.75 Å². The summed E-state index contributed by atoms with van der Waals surface area (Å²) < 4.78 is 5.71. The molecule has 0 bridgehead atoms. The van der Waals surface area contributed by atoms with Crippen molar-refractivity contribution in [1.29, 1.82) is 0 Å². The monoisotopic (exact) mass is 296 g/mol. The normalized spacial score (nSPS) is 10.0. The molecule has 1 rings (SSSR count). The number of halogens is 3. The first-order valence-electron chi connectivity index (χ1n) is 3.72. The molecule has 14 heavy (non-hydrogen) atoms. The SMILES string of the molecule is COc1c(Br)cc(Cl)cc1C(=O)CCl. The summed E-state index contributed by atoms with van der Waals surface area (Å²) in [5.41, 5.74) is 0.391. The van der Waals surface area contributed by atoms with Gasteiger partial charge in [0.25, 0.3) is 0 Å². The van der Waals surface area contributed by atoms with Crippen LogP contribution < -0.4 is 4.74 Å². The van der Waals surface area contributed by atoms with E-state index >= 15 is 0 Å². The van der Waals surface area contributed by atoms with Crippen LogP contribution in [0.25, 0.3) is 0 Å². The van der Waals surface area contributed by atoms with Gasteiger partial charge in [0.05, 0.1) is 23.0 Å². The number of hydrogen-bond acceptors (Lipinski definition) is 2. The Morgan fingerprint density at radius 3 is 2.71 bits per heavy atom. The Morgan fingerprint density at radius 2 is 2.21 bits per heavy atom. The van der Waals surface area contributed by atoms with Gasteiger partial charge in [-0.3, -0.25) is 4.79 Å². The largest absolute Gasteiger partial charge is 0.495 e. The fourth-order valence-corrected chi connectivity index (χ4v) is 2.16. The van der Waals surface area contributed by atoms with Crippen molar-refractivity contribution in [2.24, 2.45) is 0 Å². The van der Waals surface area contributed by atoms with E-state index in [9.17, 15) is 4.79 Å². The van der Waals surface area contributed by atoms with E-state index in [1.165, 1.54) is 13.2 Å². The number of rotatable bonds is 3. The molecule has 76 valence electrons. The lowest BCUT2D eigenvalue weighted by molar-refractivity contribution is 0.101. The predicted molar refractivity (Wildman–Crippen MR) is 60.8 cm³/mol. The standard InChI is InChI=1S/C9H7BrCl2O2/c1-14-9-6(8(13)4-11)2-5(12)3-7(9)10/h2-3H,4H2,1H3. The fourth-order valence-electron chi connectivity index (χ4n) is 1.05. The van der Waals surface area contributed by atoms with Crippen molar-refractivity contribution in [1.82, 2.24) is 0 Å². The van der Waals surface area contributed by atoms with Crippen molar-refractivity contribution in [2.75, 3.05) is 13.0 Å². The first-order chi connectivity index (χ1) is 6.60. The highest BCUT2D eigenvalue weighted by Crippen LogP contribution is 2.32. The second-order valence-electron chi connectivity index (χ2n) is 2.53. The maximum Gasteiger partial charge on any atom is 0.181 e. The molecule has 0 aliphatic carbocycles. The third-order valence-corrected chi connectivity index (χ3v) is 2.68. The van der Waals surface area contributed by atoms with Gasteiger partial charge in [-0.2, -0.15) is 0 Å². The second kappa shape index (κ2) is 5.01. The summed E-state index contributed by atoms with van der Waals surface area (Å²) in [4.78, 5) is 11.4. The van der Waals surface area contributed by atoms with Crippen molar-refractivity contribution in [3.05, 3.63) is 27.2 Å². The van der Waals surface area contributed by atoms with Crippen molar-refractivity contribution < 1.29 is 9.53 Å². The number of carbonyl (C=O) groups excluding carboxylic acids is 1. The second-order valence-corrected chi connectivity index (χ2v) is 4.08. The summed E-state index contributed by atoms with van der Waals surface area (Å²) in [5, 5.41) is 0.464. The van der Waals surface area contributed by atoms with Crippen LogP contribution in [0.1, 0.15) is 10.4 Å². The van der Waals surface area contributed by atoms with E-state index in [0.717, 1.165) is 0 Å². The van der Waals surface area contributed by atoms with Crippen LogP contribution in [0.4, 0.5) is 0 Å². The van der Waals surface area contributed by atoms with Crippen LogP contribution in [0.2, 0.25) is 5.02 Å². The predicted octanol–water partition coefficient (Wildman–Crippen LogP) is 3.53. The summed E-state index contributed by atoms with van der Waals surface area (Å²) in [5.74, 6) is 0.148. The highest BCUT2D eigenvalue weighted by Gasteiger charge is 2.15. The Balaban J connectivity index is 3.32. The average molecular weight is 298 g/mol. The number of benzene rings is 1. The molecule has 0 aliphatic heterocycles. The van der Waals surface area contributed by atoms with Gasteiger partial charge in [0.1, 0.15) is 5.75 Å². The molecule has 0 heterocycles. The maximum absolute atomic E-state index is 11.4. The summed E-state index contributed by atoms with van der Waals surface area (Å²) in [6.07, 6.45) is 0. The first kappa shape index (κ1) is 11.8. The first-order valence-corrected chi connectivity index (χ1v) is 5.43. The molecule has 0 aromatic heterocycles. The van der Waals surface area contributed by atoms with E-state index in [1.807, 2.05) is 0 Å². The summed E-state index contributed by atoms with van der Waals surface area (Å²) in [7, 11) is 1.49. The van der Waals surface area contributed by atoms with Gasteiger partial charge in [-0.15, -0.1) is 11.6 Å². The van der Waals surface area contributed by atoms with Gasteiger partial charge in [-0.1, -0.05) is 11.6 Å². The van der Waals surface area contributed by atoms with Crippen molar-refractivity contribution >= 4 is 44.9 Å². The summed E-state index contributed by atoms with van der Waals surface area (Å²) >= 11 is 14.5. The number of alkyl halides is 1. The Morgan fingerprint density at radius 1 is 1.57 bits per heavy atom. The molecule has 5 heteroatoms. The molecule has 2 nitrogen and oxygen atoms in total. The zero-order chi connectivity index (χ0) is 10.7. The number of Topliss-reactive ketones (excluding diaryl/α,β-unsaturated/α-hetero) is 1. The molecular formula is C9H7BrCl2O2. The van der Waals surface area contributed by atoms with E-state index < -0.39 is 0 Å². The number of ketones is 1. The maximum atomic E-state index is 11.4. The van der Waals surface area contributed by atoms with Gasteiger partial charge >= 0.3 is 0 Å². The topological polar surface area (TPSA) is 26.3 Å². The van der Waals surface area contributed by atoms with E-state index in [-0.39, 0.29) is 11.7 Å². The number of carbonyl (C=O) groups is 1. The molecular weight excluding hydrogens is 291 g/mol. The van der Waals surface area contributed by atoms with Crippen LogP contribution in [0.3, 0.4) is 0 Å². The van der Waals surface area contributed by atoms with Gasteiger partial charge in [-0.05, 0) is 28.1 Å². The molecule has 0 amide bonds. The average Bonchev–Trinajstić information content (AvgIpc) is 2.15. The number of hydrogen-bond donors (Lipinski definition) is 0. The molecule has 0 atom stereocenters. The molecule has 1 aromatic carbocycles. The molecule has 0 aliphatic rings. The molecule has 0 fully saturated rings. The zero-order valence-corrected chi connectivity index (χ0v) is 10.4. The molecule has 0 N–H and O–H groups in total. The van der Waals surface area contributed by atoms with Crippen molar-refractivity contribution in [3.63, 3.8) is 0 Å². The molecule has 1 aromatic rings. The lowest BCUT2D eigenvalue weighted by atomic mass is 10.1. The summed E-state index contributed by atoms with van der Waals surface area (Å²) in [6, 6.07) is 3.20. The minimum absolute atomic E-state index is 0.0941. The van der Waals surface area contributed by atoms with Gasteiger partial charge in [0.2, 0.25) is 0 Å². The zero-order valence-electron chi connectivity index (χ0n) is 7.31. The van der Waals surface area contributed by atoms with Crippen LogP contribution in [-0.2, 0) is 0 Å². The third-order valence-electron chi connectivity index (χ3n) is 1.63. The fraction of sp³-hybridized carbons (Fsp3) is 0.222. The number of methoxy groups -OCH3 is 1. The van der Waals surface area contributed by atoms with Crippen LogP contribution in [0.15, 0.2) is 16.6 Å². The Kier molecular flexibility index (Phi) is 4.23. The Hall–Kier alpha value is -0.250. The highest BCUT2D eigenvalue weighted by molar-refractivity contribution is 9.10. The Bertz CT molecular complexity index is 366. The van der Waals surface area contributed by atoms with Crippen LogP contribution in [-0.4, -0.2) is 18.8 Å². The lowest BCUT2D eigenvalue weighted by Gasteiger charge is -2.08. The molecule has 0 unspecified atom stereocenters. The van der Waals surface area contributed by atoms with Gasteiger partial charge < -0.3 is 4.74 Å². The summed E-state index contributed by atoms with van der Waals surface area (Å²) in [6.45, 7) is 0. The highest BCUT2D eigenvalue weighted by atomic mass is 79.9. The molecule has 0 spiro atoms. The minimum atomic E-state index is -0.216. The van der Waals surface area contributed by atoms with Crippen LogP contribution in [0, 0.1) is 0 Å². The van der Waals surface area contributed by atoms with E-state index in [2.05, 4.69) is 15.9 Å². The van der Waals surface area contributed by atoms with Gasteiger partial charge in [0, 0.05) is 5.02 Å². The quantitative estimate of drug-likeness (QED) is 0.630. The van der Waals surface area contributed by atoms with Gasteiger partial charge in [0.15, 0.2) is 5.78 Å². The Labute approximate surface area is 100 Å². The van der Waals surface area contributed by atoms with E-state index in [4.69, 9.17) is 27.9 Å². The van der Waals surface area contributed by atoms with Crippen LogP contribution >= 0.6 is 39.1 Å². The van der Waals surface area contributed by atoms with Gasteiger partial charge in [-0.25, -0.2) is 0 Å². The molecule has 0 saturated heterocycles. The lowest BCUT2D eigenvalue weighted by Crippen LogP contribution is -2.03. The van der Waals surface area contributed by atoms with E-state index in [1.54, 1.807) is 6.07 Å². The minimum Gasteiger partial charge on any atom is -0.495 e. The smallest absolute Gasteiger partial charge is 0.181 e. The molecule has 0 saturated carbocycles. The van der Waals surface area contributed by atoms with Crippen molar-refractivity contribution in [3.8, 4) is 5.75 Å². The third kappa shape index (κ3) is 2.41.